The van der Waals surface area contributed by atoms with Crippen molar-refractivity contribution in [1.82, 2.24) is 0 Å². The Kier molecular flexibility index (Phi) is 3.58. The zero-order valence-corrected chi connectivity index (χ0v) is 8.63. The molecule has 0 spiro atoms. The molecule has 2 nitrogen and oxygen atoms in total. The first-order chi connectivity index (χ1) is 6.17. The van der Waals surface area contributed by atoms with E-state index in [0.717, 1.165) is 5.56 Å². The van der Waals surface area contributed by atoms with Crippen LogP contribution in [0.1, 0.15) is 11.9 Å². The van der Waals surface area contributed by atoms with Crippen LogP contribution >= 0.6 is 0 Å². The fraction of sp³-hybridized carbons (Fsp3) is 0.333. The minimum Gasteiger partial charge on any atom is -0.352 e. The molecule has 0 saturated carbocycles. The molecule has 0 unspecified atom stereocenters. The maximum atomic E-state index is 5.17. The minimum absolute atomic E-state index is 0.251. The average molecular weight is 176 g/mol. The van der Waals surface area contributed by atoms with Crippen molar-refractivity contribution < 1.29 is 9.47 Å². The van der Waals surface area contributed by atoms with Crippen molar-refractivity contribution in [2.75, 3.05) is 14.2 Å². The molecule has 0 fully saturated rings. The Labute approximate surface area is 81.1 Å². The van der Waals surface area contributed by atoms with E-state index in [1.165, 1.54) is 10.9 Å². The predicted molar refractivity (Wildman–Crippen MR) is 59.6 cm³/mol. The molecule has 1 rings (SSSR count). The molecule has 0 aliphatic carbocycles. The molecular formula is C9H14B2O2. The average Bonchev–Trinajstić information content (AvgIpc) is 2.04. The SMILES string of the molecule is Bc1cc(B)cc(C(OC)OC)c1. The van der Waals surface area contributed by atoms with E-state index in [2.05, 4.69) is 33.9 Å². The van der Waals surface area contributed by atoms with Crippen LogP contribution in [0.2, 0.25) is 0 Å². The summed E-state index contributed by atoms with van der Waals surface area (Å²) in [5.74, 6) is 0. The van der Waals surface area contributed by atoms with E-state index < -0.39 is 0 Å². The Balaban J connectivity index is 2.99. The molecule has 1 aromatic carbocycles. The number of ether oxygens (including phenoxy) is 2. The van der Waals surface area contributed by atoms with Crippen LogP contribution in [-0.2, 0) is 9.47 Å². The van der Waals surface area contributed by atoms with Gasteiger partial charge in [0, 0.05) is 19.8 Å². The standard InChI is InChI=1S/C9H14B2O2/c1-12-9(13-2)6-3-7(10)5-8(11)4-6/h3-5,9H,10-11H2,1-2H3. The van der Waals surface area contributed by atoms with Gasteiger partial charge in [0.05, 0.1) is 0 Å². The quantitative estimate of drug-likeness (QED) is 0.411. The second-order valence-electron chi connectivity index (χ2n) is 3.22. The maximum Gasteiger partial charge on any atom is 0.183 e. The normalized spacial score (nSPS) is 10.7. The van der Waals surface area contributed by atoms with Gasteiger partial charge in [0.1, 0.15) is 15.7 Å². The molecule has 68 valence electrons. The molecule has 13 heavy (non-hydrogen) atoms. The minimum atomic E-state index is -0.251. The summed E-state index contributed by atoms with van der Waals surface area (Å²) in [4.78, 5) is 0. The Morgan fingerprint density at radius 2 is 1.46 bits per heavy atom. The van der Waals surface area contributed by atoms with Gasteiger partial charge in [0.2, 0.25) is 0 Å². The molecule has 4 heteroatoms. The van der Waals surface area contributed by atoms with Gasteiger partial charge < -0.3 is 9.47 Å². The van der Waals surface area contributed by atoms with Crippen LogP contribution in [0.4, 0.5) is 0 Å². The molecule has 0 radical (unpaired) electrons. The van der Waals surface area contributed by atoms with Crippen molar-refractivity contribution in [2.24, 2.45) is 0 Å². The fourth-order valence-corrected chi connectivity index (χ4v) is 1.51. The van der Waals surface area contributed by atoms with Crippen LogP contribution in [0.5, 0.6) is 0 Å². The highest BCUT2D eigenvalue weighted by Crippen LogP contribution is 2.14. The summed E-state index contributed by atoms with van der Waals surface area (Å²) in [7, 11) is 7.43. The van der Waals surface area contributed by atoms with Crippen molar-refractivity contribution in [1.29, 1.82) is 0 Å². The molecule has 0 saturated heterocycles. The molecule has 0 heterocycles. The number of rotatable bonds is 3. The van der Waals surface area contributed by atoms with Gasteiger partial charge in [-0.15, -0.1) is 0 Å². The topological polar surface area (TPSA) is 18.5 Å². The highest BCUT2D eigenvalue weighted by atomic mass is 16.7. The Morgan fingerprint density at radius 3 is 1.85 bits per heavy atom. The summed E-state index contributed by atoms with van der Waals surface area (Å²) in [6.45, 7) is 0. The molecule has 1 aromatic rings. The first-order valence-corrected chi connectivity index (χ1v) is 4.31. The van der Waals surface area contributed by atoms with Crippen LogP contribution in [0, 0.1) is 0 Å². The van der Waals surface area contributed by atoms with Gasteiger partial charge in [-0.25, -0.2) is 0 Å². The molecule has 0 bridgehead atoms. The second-order valence-corrected chi connectivity index (χ2v) is 3.22. The van der Waals surface area contributed by atoms with Crippen molar-refractivity contribution in [2.45, 2.75) is 6.29 Å². The van der Waals surface area contributed by atoms with Crippen LogP contribution < -0.4 is 10.9 Å². The van der Waals surface area contributed by atoms with Crippen molar-refractivity contribution in [3.05, 3.63) is 23.8 Å². The summed E-state index contributed by atoms with van der Waals surface area (Å²) in [5.41, 5.74) is 3.53. The molecule has 0 N–H and O–H groups in total. The van der Waals surface area contributed by atoms with Crippen molar-refractivity contribution >= 4 is 26.6 Å². The molecule has 0 atom stereocenters. The van der Waals surface area contributed by atoms with E-state index in [4.69, 9.17) is 9.47 Å². The third-order valence-corrected chi connectivity index (χ3v) is 1.94. The zero-order valence-electron chi connectivity index (χ0n) is 8.63. The lowest BCUT2D eigenvalue weighted by molar-refractivity contribution is -0.105. The first kappa shape index (κ1) is 10.4. The van der Waals surface area contributed by atoms with Gasteiger partial charge in [-0.2, -0.15) is 0 Å². The third-order valence-electron chi connectivity index (χ3n) is 1.94. The smallest absolute Gasteiger partial charge is 0.183 e. The number of hydrogen-bond acceptors (Lipinski definition) is 2. The van der Waals surface area contributed by atoms with Crippen LogP contribution in [0.3, 0.4) is 0 Å². The van der Waals surface area contributed by atoms with E-state index in [1.807, 2.05) is 0 Å². The van der Waals surface area contributed by atoms with E-state index in [0.29, 0.717) is 0 Å². The molecule has 0 aliphatic rings. The monoisotopic (exact) mass is 176 g/mol. The molecule has 0 aliphatic heterocycles. The van der Waals surface area contributed by atoms with E-state index >= 15 is 0 Å². The highest BCUT2D eigenvalue weighted by molar-refractivity contribution is 6.37. The first-order valence-electron chi connectivity index (χ1n) is 4.31. The lowest BCUT2D eigenvalue weighted by Gasteiger charge is -2.14. The largest absolute Gasteiger partial charge is 0.352 e. The van der Waals surface area contributed by atoms with Crippen LogP contribution in [0.15, 0.2) is 18.2 Å². The van der Waals surface area contributed by atoms with E-state index in [1.54, 1.807) is 14.2 Å². The molecule has 0 amide bonds. The van der Waals surface area contributed by atoms with Gasteiger partial charge in [-0.3, -0.25) is 0 Å². The van der Waals surface area contributed by atoms with Gasteiger partial charge in [0.25, 0.3) is 0 Å². The maximum absolute atomic E-state index is 5.17. The van der Waals surface area contributed by atoms with Crippen molar-refractivity contribution in [3.63, 3.8) is 0 Å². The Morgan fingerprint density at radius 1 is 1.00 bits per heavy atom. The van der Waals surface area contributed by atoms with Gasteiger partial charge in [-0.1, -0.05) is 29.1 Å². The summed E-state index contributed by atoms with van der Waals surface area (Å²) in [5, 5.41) is 0. The number of methoxy groups -OCH3 is 2. The predicted octanol–water partition coefficient (Wildman–Crippen LogP) is -1.51. The van der Waals surface area contributed by atoms with Gasteiger partial charge in [-0.05, 0) is 0 Å². The number of hydrogen-bond donors (Lipinski definition) is 0. The van der Waals surface area contributed by atoms with Gasteiger partial charge >= 0.3 is 0 Å². The Bertz CT molecular complexity index is 265. The third kappa shape index (κ3) is 2.61. The van der Waals surface area contributed by atoms with Crippen molar-refractivity contribution in [3.8, 4) is 0 Å². The second kappa shape index (κ2) is 4.49. The van der Waals surface area contributed by atoms with E-state index in [-0.39, 0.29) is 6.29 Å². The summed E-state index contributed by atoms with van der Waals surface area (Å²) >= 11 is 0. The van der Waals surface area contributed by atoms with Crippen LogP contribution in [-0.4, -0.2) is 29.9 Å². The highest BCUT2D eigenvalue weighted by Gasteiger charge is 2.08. The lowest BCUT2D eigenvalue weighted by Crippen LogP contribution is -2.17. The molecule has 0 aromatic heterocycles. The van der Waals surface area contributed by atoms with Crippen LogP contribution in [0.25, 0.3) is 0 Å². The summed E-state index contributed by atoms with van der Waals surface area (Å²) in [6, 6.07) is 6.28. The summed E-state index contributed by atoms with van der Waals surface area (Å²) < 4.78 is 10.3. The lowest BCUT2D eigenvalue weighted by atomic mass is 9.85. The zero-order chi connectivity index (χ0) is 9.84. The Hall–Kier alpha value is -0.730. The molecular weight excluding hydrogens is 162 g/mol. The van der Waals surface area contributed by atoms with Gasteiger partial charge in [0.15, 0.2) is 6.29 Å². The number of benzene rings is 1. The fourth-order valence-electron chi connectivity index (χ4n) is 1.51. The van der Waals surface area contributed by atoms with E-state index in [9.17, 15) is 0 Å². The summed E-state index contributed by atoms with van der Waals surface area (Å²) in [6.07, 6.45) is -0.251.